The molecule has 0 amide bonds. The second-order valence-corrected chi connectivity index (χ2v) is 7.18. The molecular weight excluding hydrogens is 332 g/mol. The van der Waals surface area contributed by atoms with E-state index in [1.54, 1.807) is 18.2 Å². The predicted molar refractivity (Wildman–Crippen MR) is 76.9 cm³/mol. The molecule has 2 rings (SSSR count). The number of nitrogens with zero attached hydrogens (tertiary/aromatic N) is 1. The Balaban J connectivity index is 2.43. The third kappa shape index (κ3) is 2.94. The molecule has 0 spiro atoms. The molecule has 0 radical (unpaired) electrons. The number of methoxy groups -OCH3 is 1. The topological polar surface area (TPSA) is 58.6 Å². The molecule has 5 nitrogen and oxygen atoms in total. The standard InChI is InChI=1S/C12H17BrN2O3S/c1-9-8-14-5-6-15(9)19(16,17)12-7-10(18-2)3-4-11(12)13/h3-4,7,9,14H,5-6,8H2,1-2H3/t9-/m1/s1. The number of hydrogen-bond acceptors (Lipinski definition) is 4. The second-order valence-electron chi connectivity index (χ2n) is 4.47. The fourth-order valence-electron chi connectivity index (χ4n) is 2.11. The Hall–Kier alpha value is -0.630. The van der Waals surface area contributed by atoms with Gasteiger partial charge in [0.05, 0.1) is 7.11 Å². The van der Waals surface area contributed by atoms with E-state index in [1.807, 2.05) is 6.92 Å². The molecule has 1 aliphatic heterocycles. The van der Waals surface area contributed by atoms with Crippen molar-refractivity contribution >= 4 is 26.0 Å². The van der Waals surface area contributed by atoms with Crippen LogP contribution in [0.4, 0.5) is 0 Å². The normalized spacial score (nSPS) is 21.3. The van der Waals surface area contributed by atoms with Crippen LogP contribution in [0.15, 0.2) is 27.6 Å². The first kappa shape index (κ1) is 14.8. The van der Waals surface area contributed by atoms with Crippen molar-refractivity contribution in [3.8, 4) is 5.75 Å². The van der Waals surface area contributed by atoms with Crippen molar-refractivity contribution in [2.45, 2.75) is 17.9 Å². The van der Waals surface area contributed by atoms with Crippen LogP contribution in [-0.4, -0.2) is 45.5 Å². The highest BCUT2D eigenvalue weighted by Crippen LogP contribution is 2.30. The largest absolute Gasteiger partial charge is 0.497 e. The van der Waals surface area contributed by atoms with Crippen molar-refractivity contribution in [2.24, 2.45) is 0 Å². The molecule has 1 atom stereocenters. The first-order chi connectivity index (χ1) is 8.96. The quantitative estimate of drug-likeness (QED) is 0.897. The molecule has 7 heteroatoms. The zero-order valence-electron chi connectivity index (χ0n) is 10.9. The van der Waals surface area contributed by atoms with Gasteiger partial charge in [-0.05, 0) is 35.0 Å². The lowest BCUT2D eigenvalue weighted by atomic mass is 10.3. The molecule has 1 aromatic rings. The average molecular weight is 349 g/mol. The number of ether oxygens (including phenoxy) is 1. The van der Waals surface area contributed by atoms with Crippen LogP contribution in [0.3, 0.4) is 0 Å². The monoisotopic (exact) mass is 348 g/mol. The number of halogens is 1. The average Bonchev–Trinajstić information content (AvgIpc) is 2.39. The number of nitrogens with one attached hydrogen (secondary N) is 1. The summed E-state index contributed by atoms with van der Waals surface area (Å²) in [6.07, 6.45) is 0. The van der Waals surface area contributed by atoms with Crippen LogP contribution in [0.2, 0.25) is 0 Å². The summed E-state index contributed by atoms with van der Waals surface area (Å²) in [5, 5.41) is 3.18. The lowest BCUT2D eigenvalue weighted by Gasteiger charge is -2.33. The number of benzene rings is 1. The van der Waals surface area contributed by atoms with Crippen LogP contribution >= 0.6 is 15.9 Å². The van der Waals surface area contributed by atoms with Crippen molar-refractivity contribution in [3.63, 3.8) is 0 Å². The van der Waals surface area contributed by atoms with Crippen LogP contribution < -0.4 is 10.1 Å². The van der Waals surface area contributed by atoms with Gasteiger partial charge < -0.3 is 10.1 Å². The lowest BCUT2D eigenvalue weighted by molar-refractivity contribution is 0.283. The first-order valence-corrected chi connectivity index (χ1v) is 8.26. The minimum absolute atomic E-state index is 0.0585. The van der Waals surface area contributed by atoms with Crippen LogP contribution in [0.25, 0.3) is 0 Å². The molecule has 1 N–H and O–H groups in total. The molecule has 0 aliphatic carbocycles. The van der Waals surface area contributed by atoms with Gasteiger partial charge in [-0.25, -0.2) is 8.42 Å². The fourth-order valence-corrected chi connectivity index (χ4v) is 4.69. The smallest absolute Gasteiger partial charge is 0.244 e. The van der Waals surface area contributed by atoms with Gasteiger partial charge in [-0.1, -0.05) is 0 Å². The molecule has 0 bridgehead atoms. The van der Waals surface area contributed by atoms with Gasteiger partial charge in [-0.15, -0.1) is 0 Å². The Morgan fingerprint density at radius 1 is 1.47 bits per heavy atom. The molecule has 1 aliphatic rings. The summed E-state index contributed by atoms with van der Waals surface area (Å²) < 4.78 is 32.6. The summed E-state index contributed by atoms with van der Waals surface area (Å²) >= 11 is 3.30. The molecule has 106 valence electrons. The third-order valence-electron chi connectivity index (χ3n) is 3.17. The summed E-state index contributed by atoms with van der Waals surface area (Å²) in [6, 6.07) is 4.91. The number of piperazine rings is 1. The van der Waals surface area contributed by atoms with Crippen LogP contribution in [0, 0.1) is 0 Å². The lowest BCUT2D eigenvalue weighted by Crippen LogP contribution is -2.52. The summed E-state index contributed by atoms with van der Waals surface area (Å²) in [5.41, 5.74) is 0. The zero-order valence-corrected chi connectivity index (χ0v) is 13.3. The van der Waals surface area contributed by atoms with Gasteiger partial charge in [-0.2, -0.15) is 4.31 Å². The molecule has 1 heterocycles. The van der Waals surface area contributed by atoms with Gasteiger partial charge in [0.1, 0.15) is 10.6 Å². The summed E-state index contributed by atoms with van der Waals surface area (Å²) in [7, 11) is -1.99. The molecule has 19 heavy (non-hydrogen) atoms. The minimum atomic E-state index is -3.51. The highest BCUT2D eigenvalue weighted by atomic mass is 79.9. The van der Waals surface area contributed by atoms with Crippen molar-refractivity contribution < 1.29 is 13.2 Å². The van der Waals surface area contributed by atoms with Crippen LogP contribution in [0.1, 0.15) is 6.92 Å². The number of hydrogen-bond donors (Lipinski definition) is 1. The van der Waals surface area contributed by atoms with Gasteiger partial charge in [0.2, 0.25) is 10.0 Å². The maximum atomic E-state index is 12.7. The second kappa shape index (κ2) is 5.78. The van der Waals surface area contributed by atoms with E-state index in [4.69, 9.17) is 4.74 Å². The van der Waals surface area contributed by atoms with E-state index in [2.05, 4.69) is 21.2 Å². The van der Waals surface area contributed by atoms with E-state index in [1.165, 1.54) is 11.4 Å². The van der Waals surface area contributed by atoms with Crippen LogP contribution in [-0.2, 0) is 10.0 Å². The maximum absolute atomic E-state index is 12.7. The molecule has 0 saturated carbocycles. The van der Waals surface area contributed by atoms with E-state index in [-0.39, 0.29) is 10.9 Å². The predicted octanol–water partition coefficient (Wildman–Crippen LogP) is 1.44. The van der Waals surface area contributed by atoms with Crippen molar-refractivity contribution in [1.82, 2.24) is 9.62 Å². The van der Waals surface area contributed by atoms with Gasteiger partial charge in [0.15, 0.2) is 0 Å². The maximum Gasteiger partial charge on any atom is 0.244 e. The zero-order chi connectivity index (χ0) is 14.0. The van der Waals surface area contributed by atoms with E-state index in [0.29, 0.717) is 29.9 Å². The van der Waals surface area contributed by atoms with Gasteiger partial charge >= 0.3 is 0 Å². The number of rotatable bonds is 3. The Labute approximate surface area is 122 Å². The minimum Gasteiger partial charge on any atom is -0.497 e. The fraction of sp³-hybridized carbons (Fsp3) is 0.500. The Kier molecular flexibility index (Phi) is 4.50. The van der Waals surface area contributed by atoms with Gasteiger partial charge in [0, 0.05) is 36.2 Å². The first-order valence-electron chi connectivity index (χ1n) is 6.03. The molecule has 0 unspecified atom stereocenters. The SMILES string of the molecule is COc1ccc(Br)c(S(=O)(=O)N2CCNC[C@H]2C)c1. The molecule has 0 aromatic heterocycles. The van der Waals surface area contributed by atoms with Crippen molar-refractivity contribution in [1.29, 1.82) is 0 Å². The number of sulfonamides is 1. The molecule has 1 fully saturated rings. The van der Waals surface area contributed by atoms with E-state index >= 15 is 0 Å². The third-order valence-corrected chi connectivity index (χ3v) is 6.17. The highest BCUT2D eigenvalue weighted by molar-refractivity contribution is 9.10. The highest BCUT2D eigenvalue weighted by Gasteiger charge is 2.32. The Morgan fingerprint density at radius 3 is 2.84 bits per heavy atom. The van der Waals surface area contributed by atoms with Gasteiger partial charge in [0.25, 0.3) is 0 Å². The van der Waals surface area contributed by atoms with E-state index in [0.717, 1.165) is 0 Å². The van der Waals surface area contributed by atoms with Gasteiger partial charge in [-0.3, -0.25) is 0 Å². The van der Waals surface area contributed by atoms with Crippen molar-refractivity contribution in [3.05, 3.63) is 22.7 Å². The molecule has 1 saturated heterocycles. The Bertz CT molecular complexity index is 562. The molecule has 1 aromatic carbocycles. The van der Waals surface area contributed by atoms with E-state index in [9.17, 15) is 8.42 Å². The summed E-state index contributed by atoms with van der Waals surface area (Å²) in [6.45, 7) is 3.72. The van der Waals surface area contributed by atoms with E-state index < -0.39 is 10.0 Å². The van der Waals surface area contributed by atoms with Crippen LogP contribution in [0.5, 0.6) is 5.75 Å². The van der Waals surface area contributed by atoms with Crippen molar-refractivity contribution in [2.75, 3.05) is 26.7 Å². The summed E-state index contributed by atoms with van der Waals surface area (Å²) in [5.74, 6) is 0.532. The summed E-state index contributed by atoms with van der Waals surface area (Å²) in [4.78, 5) is 0.251. The Morgan fingerprint density at radius 2 is 2.21 bits per heavy atom. The molecular formula is C12H17BrN2O3S.